The Morgan fingerprint density at radius 3 is 2.52 bits per heavy atom. The normalized spacial score (nSPS) is 10.9. The fourth-order valence-electron chi connectivity index (χ4n) is 2.91. The van der Waals surface area contributed by atoms with Gasteiger partial charge in [0.25, 0.3) is 0 Å². The van der Waals surface area contributed by atoms with Crippen LogP contribution in [0.3, 0.4) is 0 Å². The molecule has 1 aromatic heterocycles. The maximum atomic E-state index is 12.8. The lowest BCUT2D eigenvalue weighted by Crippen LogP contribution is -2.30. The van der Waals surface area contributed by atoms with E-state index < -0.39 is 5.97 Å². The van der Waals surface area contributed by atoms with E-state index in [-0.39, 0.29) is 18.0 Å². The Morgan fingerprint density at radius 1 is 1.15 bits per heavy atom. The number of para-hydroxylation sites is 2. The van der Waals surface area contributed by atoms with Gasteiger partial charge >= 0.3 is 5.97 Å². The van der Waals surface area contributed by atoms with Crippen molar-refractivity contribution in [2.24, 2.45) is 0 Å². The Labute approximate surface area is 161 Å². The molecule has 0 saturated heterocycles. The molecule has 0 spiro atoms. The van der Waals surface area contributed by atoms with Gasteiger partial charge in [-0.2, -0.15) is 11.8 Å². The van der Waals surface area contributed by atoms with Crippen molar-refractivity contribution in [3.8, 4) is 0 Å². The molecule has 1 N–H and O–H groups in total. The molecule has 0 saturated carbocycles. The molecule has 0 atom stereocenters. The van der Waals surface area contributed by atoms with Gasteiger partial charge in [-0.15, -0.1) is 0 Å². The Hall–Kier alpha value is -2.80. The fraction of sp³-hybridized carbons (Fsp3) is 0.250. The van der Waals surface area contributed by atoms with E-state index in [0.717, 1.165) is 28.2 Å². The van der Waals surface area contributed by atoms with Gasteiger partial charge in [0.05, 0.1) is 22.3 Å². The third-order valence-electron chi connectivity index (χ3n) is 4.35. The summed E-state index contributed by atoms with van der Waals surface area (Å²) in [6.45, 7) is 0.642. The first-order valence-electron chi connectivity index (χ1n) is 8.49. The second kappa shape index (κ2) is 8.26. The summed E-state index contributed by atoms with van der Waals surface area (Å²) in [6.07, 6.45) is 2.01. The van der Waals surface area contributed by atoms with Gasteiger partial charge in [-0.25, -0.2) is 9.78 Å². The largest absolute Gasteiger partial charge is 0.478 e. The zero-order valence-corrected chi connectivity index (χ0v) is 16.1. The minimum atomic E-state index is -0.959. The van der Waals surface area contributed by atoms with Gasteiger partial charge in [0.1, 0.15) is 12.4 Å². The molecular weight excluding hydrogens is 362 g/mol. The first-order valence-corrected chi connectivity index (χ1v) is 9.88. The van der Waals surface area contributed by atoms with Crippen LogP contribution in [0.15, 0.2) is 48.5 Å². The zero-order chi connectivity index (χ0) is 19.4. The number of rotatable bonds is 7. The number of carboxylic acids is 1. The Morgan fingerprint density at radius 2 is 1.85 bits per heavy atom. The van der Waals surface area contributed by atoms with Gasteiger partial charge in [0, 0.05) is 13.6 Å². The van der Waals surface area contributed by atoms with E-state index in [1.807, 2.05) is 35.1 Å². The van der Waals surface area contributed by atoms with Crippen molar-refractivity contribution in [1.82, 2.24) is 14.5 Å². The molecule has 0 aliphatic rings. The maximum absolute atomic E-state index is 12.8. The number of hydrogen-bond donors (Lipinski definition) is 1. The smallest absolute Gasteiger partial charge is 0.335 e. The molecule has 1 heterocycles. The van der Waals surface area contributed by atoms with Crippen molar-refractivity contribution >= 4 is 34.7 Å². The van der Waals surface area contributed by atoms with Crippen LogP contribution in [0.2, 0.25) is 0 Å². The third kappa shape index (κ3) is 4.31. The Bertz CT molecular complexity index is 966. The van der Waals surface area contributed by atoms with Crippen LogP contribution >= 0.6 is 11.8 Å². The van der Waals surface area contributed by atoms with Crippen molar-refractivity contribution in [2.75, 3.05) is 13.3 Å². The van der Waals surface area contributed by atoms with Crippen molar-refractivity contribution in [3.63, 3.8) is 0 Å². The van der Waals surface area contributed by atoms with Crippen LogP contribution in [0.25, 0.3) is 11.0 Å². The summed E-state index contributed by atoms with van der Waals surface area (Å²) in [6, 6.07) is 14.4. The monoisotopic (exact) mass is 383 g/mol. The van der Waals surface area contributed by atoms with Gasteiger partial charge in [0.2, 0.25) is 5.91 Å². The average molecular weight is 383 g/mol. The van der Waals surface area contributed by atoms with E-state index in [0.29, 0.717) is 6.54 Å². The van der Waals surface area contributed by atoms with Crippen molar-refractivity contribution in [2.45, 2.75) is 18.8 Å². The molecule has 0 bridgehead atoms. The summed E-state index contributed by atoms with van der Waals surface area (Å²) in [5.74, 6) is 0.640. The number of carboxylic acid groups (broad SMARTS) is 1. The number of carbonyl (C=O) groups is 2. The number of hydrogen-bond acceptors (Lipinski definition) is 4. The highest BCUT2D eigenvalue weighted by Gasteiger charge is 2.16. The zero-order valence-electron chi connectivity index (χ0n) is 15.3. The summed E-state index contributed by atoms with van der Waals surface area (Å²) in [4.78, 5) is 30.0. The van der Waals surface area contributed by atoms with Gasteiger partial charge in [0.15, 0.2) is 0 Å². The van der Waals surface area contributed by atoms with Crippen LogP contribution in [0.4, 0.5) is 0 Å². The molecular formula is C20H21N3O3S. The van der Waals surface area contributed by atoms with Crippen molar-refractivity contribution in [1.29, 1.82) is 0 Å². The first-order chi connectivity index (χ1) is 13.0. The average Bonchev–Trinajstić information content (AvgIpc) is 3.00. The number of aromatic carboxylic acids is 1. The molecule has 0 aliphatic heterocycles. The van der Waals surface area contributed by atoms with Crippen molar-refractivity contribution in [3.05, 3.63) is 65.5 Å². The molecule has 1 amide bonds. The Kier molecular flexibility index (Phi) is 5.81. The third-order valence-corrected chi connectivity index (χ3v) is 4.89. The van der Waals surface area contributed by atoms with E-state index >= 15 is 0 Å². The van der Waals surface area contributed by atoms with Crippen LogP contribution in [0.5, 0.6) is 0 Å². The lowest BCUT2D eigenvalue weighted by atomic mass is 10.1. The molecule has 0 unspecified atom stereocenters. The number of nitrogens with zero attached hydrogens (tertiary/aromatic N) is 3. The van der Waals surface area contributed by atoms with Crippen LogP contribution in [0.1, 0.15) is 21.7 Å². The number of aromatic nitrogens is 2. The lowest BCUT2D eigenvalue weighted by Gasteiger charge is -2.19. The van der Waals surface area contributed by atoms with E-state index in [1.165, 1.54) is 0 Å². The predicted molar refractivity (Wildman–Crippen MR) is 107 cm³/mol. The van der Waals surface area contributed by atoms with Gasteiger partial charge < -0.3 is 14.6 Å². The number of carbonyl (C=O) groups excluding carboxylic acids is 1. The summed E-state index contributed by atoms with van der Waals surface area (Å²) in [7, 11) is 1.75. The quantitative estimate of drug-likeness (QED) is 0.678. The molecule has 6 nitrogen and oxygen atoms in total. The second-order valence-corrected chi connectivity index (χ2v) is 7.15. The van der Waals surface area contributed by atoms with Crippen LogP contribution in [0, 0.1) is 0 Å². The summed E-state index contributed by atoms with van der Waals surface area (Å²) in [5.41, 5.74) is 2.96. The van der Waals surface area contributed by atoms with Crippen LogP contribution < -0.4 is 0 Å². The Balaban J connectivity index is 1.75. The van der Waals surface area contributed by atoms with E-state index in [1.54, 1.807) is 48.0 Å². The SMILES string of the molecule is CSCc1nc2ccccc2n1CC(=O)N(C)Cc1ccc(C(=O)O)cc1. The summed E-state index contributed by atoms with van der Waals surface area (Å²) >= 11 is 1.67. The standard InChI is InChI=1S/C20H21N3O3S/c1-22(11-14-7-9-15(10-8-14)20(25)26)19(24)12-23-17-6-4-3-5-16(17)21-18(23)13-27-2/h3-10H,11-13H2,1-2H3,(H,25,26). The highest BCUT2D eigenvalue weighted by Crippen LogP contribution is 2.19. The lowest BCUT2D eigenvalue weighted by molar-refractivity contribution is -0.131. The van der Waals surface area contributed by atoms with Crippen LogP contribution in [-0.2, 0) is 23.6 Å². The number of imidazole rings is 1. The minimum Gasteiger partial charge on any atom is -0.478 e. The molecule has 140 valence electrons. The minimum absolute atomic E-state index is 0.0252. The van der Waals surface area contributed by atoms with Gasteiger partial charge in [-0.1, -0.05) is 24.3 Å². The molecule has 2 aromatic carbocycles. The van der Waals surface area contributed by atoms with E-state index in [9.17, 15) is 9.59 Å². The number of fused-ring (bicyclic) bond motifs is 1. The molecule has 0 radical (unpaired) electrons. The molecule has 0 fully saturated rings. The molecule has 3 rings (SSSR count). The molecule has 27 heavy (non-hydrogen) atoms. The topological polar surface area (TPSA) is 75.4 Å². The fourth-order valence-corrected chi connectivity index (χ4v) is 3.39. The molecule has 7 heteroatoms. The van der Waals surface area contributed by atoms with E-state index in [2.05, 4.69) is 4.98 Å². The van der Waals surface area contributed by atoms with Gasteiger partial charge in [-0.3, -0.25) is 4.79 Å². The highest BCUT2D eigenvalue weighted by atomic mass is 32.2. The maximum Gasteiger partial charge on any atom is 0.335 e. The van der Waals surface area contributed by atoms with Crippen molar-refractivity contribution < 1.29 is 14.7 Å². The first kappa shape index (κ1) is 19.0. The molecule has 3 aromatic rings. The van der Waals surface area contributed by atoms with Crippen LogP contribution in [-0.4, -0.2) is 44.7 Å². The predicted octanol–water partition coefficient (Wildman–Crippen LogP) is 3.26. The molecule has 0 aliphatic carbocycles. The summed E-state index contributed by atoms with van der Waals surface area (Å²) < 4.78 is 1.97. The second-order valence-electron chi connectivity index (χ2n) is 6.29. The summed E-state index contributed by atoms with van der Waals surface area (Å²) in [5, 5.41) is 8.97. The number of benzene rings is 2. The number of likely N-dealkylation sites (N-methyl/N-ethyl adjacent to an activating group) is 1. The number of thioether (sulfide) groups is 1. The van der Waals surface area contributed by atoms with Gasteiger partial charge in [-0.05, 0) is 36.1 Å². The highest BCUT2D eigenvalue weighted by molar-refractivity contribution is 7.97. The number of amides is 1. The van der Waals surface area contributed by atoms with E-state index in [4.69, 9.17) is 5.11 Å².